The first-order chi connectivity index (χ1) is 8.81. The number of nitrogens with zero attached hydrogens (tertiary/aromatic N) is 2. The molecule has 1 saturated heterocycles. The quantitative estimate of drug-likeness (QED) is 0.894. The molecule has 1 fully saturated rings. The fourth-order valence-electron chi connectivity index (χ4n) is 2.04. The molecule has 0 unspecified atom stereocenters. The Kier molecular flexibility index (Phi) is 3.02. The van der Waals surface area contributed by atoms with Gasteiger partial charge < -0.3 is 10.1 Å². The van der Waals surface area contributed by atoms with E-state index in [9.17, 15) is 0 Å². The minimum Gasteiger partial charge on any atom is -0.454 e. The number of nitrogens with one attached hydrogen (secondary N) is 1. The Morgan fingerprint density at radius 1 is 1.39 bits per heavy atom. The van der Waals surface area contributed by atoms with E-state index >= 15 is 0 Å². The van der Waals surface area contributed by atoms with E-state index in [-0.39, 0.29) is 0 Å². The van der Waals surface area contributed by atoms with E-state index in [4.69, 9.17) is 4.74 Å². The van der Waals surface area contributed by atoms with Crippen LogP contribution in [0.4, 0.5) is 0 Å². The largest absolute Gasteiger partial charge is 0.454 e. The third kappa shape index (κ3) is 2.38. The van der Waals surface area contributed by atoms with Gasteiger partial charge in [-0.05, 0) is 18.6 Å². The zero-order valence-electron chi connectivity index (χ0n) is 10.5. The third-order valence-electron chi connectivity index (χ3n) is 3.24. The van der Waals surface area contributed by atoms with E-state index in [0.717, 1.165) is 36.7 Å². The molecular weight excluding hydrogens is 226 g/mol. The molecule has 1 aromatic carbocycles. The Hall–Kier alpha value is -1.81. The van der Waals surface area contributed by atoms with Crippen molar-refractivity contribution in [3.63, 3.8) is 0 Å². The summed E-state index contributed by atoms with van der Waals surface area (Å²) in [5, 5.41) is 7.59. The van der Waals surface area contributed by atoms with Gasteiger partial charge in [-0.15, -0.1) is 0 Å². The van der Waals surface area contributed by atoms with Crippen molar-refractivity contribution in [2.24, 2.45) is 5.92 Å². The Balaban J connectivity index is 1.67. The molecule has 1 aromatic heterocycles. The van der Waals surface area contributed by atoms with Crippen LogP contribution in [0.25, 0.3) is 0 Å². The van der Waals surface area contributed by atoms with Crippen LogP contribution in [0, 0.1) is 12.8 Å². The molecule has 2 aromatic rings. The fourth-order valence-corrected chi connectivity index (χ4v) is 2.04. The van der Waals surface area contributed by atoms with Gasteiger partial charge >= 0.3 is 0 Å². The van der Waals surface area contributed by atoms with Crippen LogP contribution in [0.1, 0.15) is 5.56 Å². The normalized spacial score (nSPS) is 15.4. The zero-order valence-corrected chi connectivity index (χ0v) is 10.5. The number of rotatable bonds is 4. The zero-order chi connectivity index (χ0) is 12.4. The average Bonchev–Trinajstić information content (AvgIpc) is 2.75. The number of benzene rings is 1. The summed E-state index contributed by atoms with van der Waals surface area (Å²) in [7, 11) is 0. The van der Waals surface area contributed by atoms with Gasteiger partial charge in [0.1, 0.15) is 5.75 Å². The van der Waals surface area contributed by atoms with Gasteiger partial charge in [-0.2, -0.15) is 5.10 Å². The van der Waals surface area contributed by atoms with Crippen molar-refractivity contribution in [3.05, 3.63) is 42.2 Å². The molecule has 0 aliphatic carbocycles. The maximum absolute atomic E-state index is 5.82. The van der Waals surface area contributed by atoms with Gasteiger partial charge in [-0.3, -0.25) is 4.68 Å². The highest BCUT2D eigenvalue weighted by Crippen LogP contribution is 2.24. The van der Waals surface area contributed by atoms with Gasteiger partial charge in [0.25, 0.3) is 0 Å². The van der Waals surface area contributed by atoms with E-state index in [1.54, 1.807) is 6.20 Å². The molecule has 0 bridgehead atoms. The molecule has 0 atom stereocenters. The first-order valence-corrected chi connectivity index (χ1v) is 6.28. The van der Waals surface area contributed by atoms with Crippen molar-refractivity contribution in [1.29, 1.82) is 0 Å². The Labute approximate surface area is 107 Å². The van der Waals surface area contributed by atoms with Gasteiger partial charge in [-0.25, -0.2) is 0 Å². The maximum Gasteiger partial charge on any atom is 0.165 e. The smallest absolute Gasteiger partial charge is 0.165 e. The average molecular weight is 243 g/mol. The van der Waals surface area contributed by atoms with E-state index in [1.807, 2.05) is 42.1 Å². The number of ether oxygens (including phenoxy) is 1. The molecule has 1 N–H and O–H groups in total. The minimum absolute atomic E-state index is 0.705. The van der Waals surface area contributed by atoms with Crippen molar-refractivity contribution < 1.29 is 4.74 Å². The molecule has 1 aliphatic rings. The lowest BCUT2D eigenvalue weighted by atomic mass is 10.0. The van der Waals surface area contributed by atoms with E-state index < -0.39 is 0 Å². The lowest BCUT2D eigenvalue weighted by molar-refractivity contribution is 0.295. The van der Waals surface area contributed by atoms with Crippen molar-refractivity contribution >= 4 is 0 Å². The monoisotopic (exact) mass is 243 g/mol. The van der Waals surface area contributed by atoms with Crippen LogP contribution in [0.5, 0.6) is 11.5 Å². The highest BCUT2D eigenvalue weighted by molar-refractivity contribution is 5.35. The lowest BCUT2D eigenvalue weighted by Gasteiger charge is -2.26. The summed E-state index contributed by atoms with van der Waals surface area (Å²) in [5.74, 6) is 2.40. The van der Waals surface area contributed by atoms with Crippen LogP contribution in [0.15, 0.2) is 36.7 Å². The number of hydrogen-bond donors (Lipinski definition) is 1. The van der Waals surface area contributed by atoms with E-state index in [2.05, 4.69) is 10.4 Å². The van der Waals surface area contributed by atoms with Crippen LogP contribution >= 0.6 is 0 Å². The van der Waals surface area contributed by atoms with Crippen LogP contribution in [0.3, 0.4) is 0 Å². The van der Waals surface area contributed by atoms with Crippen molar-refractivity contribution in [1.82, 2.24) is 15.1 Å². The Bertz CT molecular complexity index is 531. The predicted octanol–water partition coefficient (Wildman–Crippen LogP) is 2.20. The van der Waals surface area contributed by atoms with Crippen LogP contribution in [-0.2, 0) is 6.54 Å². The third-order valence-corrected chi connectivity index (χ3v) is 3.24. The standard InChI is InChI=1S/C14H17N3O/c1-11-4-2-3-5-14(11)18-13-8-16-17(10-13)9-12-6-15-7-12/h2-5,8,10,12,15H,6-7,9H2,1H3. The van der Waals surface area contributed by atoms with Crippen LogP contribution < -0.4 is 10.1 Å². The summed E-state index contributed by atoms with van der Waals surface area (Å²) in [6.07, 6.45) is 3.74. The first-order valence-electron chi connectivity index (χ1n) is 6.28. The van der Waals surface area contributed by atoms with Crippen LogP contribution in [0.2, 0.25) is 0 Å². The molecule has 4 nitrogen and oxygen atoms in total. The molecule has 94 valence electrons. The number of aromatic nitrogens is 2. The number of hydrogen-bond acceptors (Lipinski definition) is 3. The second-order valence-corrected chi connectivity index (χ2v) is 4.79. The fraction of sp³-hybridized carbons (Fsp3) is 0.357. The second kappa shape index (κ2) is 4.82. The van der Waals surface area contributed by atoms with E-state index in [1.165, 1.54) is 0 Å². The summed E-state index contributed by atoms with van der Waals surface area (Å²) >= 11 is 0. The summed E-state index contributed by atoms with van der Waals surface area (Å²) < 4.78 is 7.78. The van der Waals surface area contributed by atoms with Crippen molar-refractivity contribution in [2.45, 2.75) is 13.5 Å². The molecule has 18 heavy (non-hydrogen) atoms. The van der Waals surface area contributed by atoms with Gasteiger partial charge in [0.05, 0.1) is 12.4 Å². The summed E-state index contributed by atoms with van der Waals surface area (Å²) in [5.41, 5.74) is 1.13. The van der Waals surface area contributed by atoms with Gasteiger partial charge in [-0.1, -0.05) is 18.2 Å². The van der Waals surface area contributed by atoms with Crippen molar-refractivity contribution in [3.8, 4) is 11.5 Å². The molecule has 0 saturated carbocycles. The highest BCUT2D eigenvalue weighted by Gasteiger charge is 2.17. The molecule has 2 heterocycles. The Morgan fingerprint density at radius 3 is 2.94 bits per heavy atom. The predicted molar refractivity (Wildman–Crippen MR) is 69.8 cm³/mol. The molecule has 0 amide bonds. The molecule has 0 radical (unpaired) electrons. The summed E-state index contributed by atoms with van der Waals surface area (Å²) in [6.45, 7) is 5.19. The topological polar surface area (TPSA) is 39.1 Å². The maximum atomic E-state index is 5.82. The van der Waals surface area contributed by atoms with Crippen LogP contribution in [-0.4, -0.2) is 22.9 Å². The number of aryl methyl sites for hydroxylation is 1. The summed E-state index contributed by atoms with van der Waals surface area (Å²) in [4.78, 5) is 0. The van der Waals surface area contributed by atoms with E-state index in [0.29, 0.717) is 5.92 Å². The first kappa shape index (κ1) is 11.3. The minimum atomic E-state index is 0.705. The SMILES string of the molecule is Cc1ccccc1Oc1cnn(CC2CNC2)c1. The Morgan fingerprint density at radius 2 is 2.22 bits per heavy atom. The van der Waals surface area contributed by atoms with Gasteiger partial charge in [0.2, 0.25) is 0 Å². The second-order valence-electron chi connectivity index (χ2n) is 4.79. The lowest BCUT2D eigenvalue weighted by Crippen LogP contribution is -2.44. The van der Waals surface area contributed by atoms with Crippen molar-refractivity contribution in [2.75, 3.05) is 13.1 Å². The number of para-hydroxylation sites is 1. The molecule has 1 aliphatic heterocycles. The molecule has 0 spiro atoms. The molecular formula is C14H17N3O. The molecule has 3 rings (SSSR count). The molecule has 4 heteroatoms. The van der Waals surface area contributed by atoms with Gasteiger partial charge in [0, 0.05) is 25.6 Å². The summed E-state index contributed by atoms with van der Waals surface area (Å²) in [6, 6.07) is 8.00. The highest BCUT2D eigenvalue weighted by atomic mass is 16.5. The van der Waals surface area contributed by atoms with Gasteiger partial charge in [0.15, 0.2) is 5.75 Å².